The molecule has 3 rings (SSSR count). The highest BCUT2D eigenvalue weighted by Gasteiger charge is 2.42. The summed E-state index contributed by atoms with van der Waals surface area (Å²) >= 11 is 2.12. The largest absolute Gasteiger partial charge is 0.390 e. The van der Waals surface area contributed by atoms with Crippen LogP contribution in [0.1, 0.15) is 12.5 Å². The van der Waals surface area contributed by atoms with Crippen molar-refractivity contribution in [3.63, 3.8) is 0 Å². The molecule has 0 amide bonds. The van der Waals surface area contributed by atoms with Crippen molar-refractivity contribution in [2.24, 2.45) is 0 Å². The Morgan fingerprint density at radius 2 is 2.00 bits per heavy atom. The molecule has 0 bridgehead atoms. The number of aromatic nitrogens is 3. The van der Waals surface area contributed by atoms with Gasteiger partial charge in [-0.2, -0.15) is 0 Å². The van der Waals surface area contributed by atoms with Crippen molar-refractivity contribution < 1.29 is 15.3 Å². The SMILES string of the molecule is Nc1ncc(I)c2c1ncn2[C@@H]1C[C@H](O)[C@@H](O)[C@H]1O. The topological polar surface area (TPSA) is 117 Å². The second kappa shape index (κ2) is 4.54. The zero-order chi connectivity index (χ0) is 13.7. The first-order valence-corrected chi connectivity index (χ1v) is 6.89. The maximum absolute atomic E-state index is 10.0. The molecule has 0 saturated heterocycles. The summed E-state index contributed by atoms with van der Waals surface area (Å²) in [6, 6.07) is -0.426. The molecule has 1 saturated carbocycles. The number of anilines is 1. The summed E-state index contributed by atoms with van der Waals surface area (Å²) in [7, 11) is 0. The van der Waals surface area contributed by atoms with Crippen molar-refractivity contribution in [1.82, 2.24) is 14.5 Å². The summed E-state index contributed by atoms with van der Waals surface area (Å²) in [6.45, 7) is 0. The van der Waals surface area contributed by atoms with E-state index in [0.717, 1.165) is 9.09 Å². The van der Waals surface area contributed by atoms with Gasteiger partial charge in [0.15, 0.2) is 5.82 Å². The van der Waals surface area contributed by atoms with Gasteiger partial charge in [0.05, 0.1) is 27.6 Å². The van der Waals surface area contributed by atoms with Gasteiger partial charge in [0.1, 0.15) is 17.7 Å². The van der Waals surface area contributed by atoms with E-state index in [1.54, 1.807) is 17.1 Å². The normalized spacial score (nSPS) is 31.2. The first kappa shape index (κ1) is 13.0. The third-order valence-corrected chi connectivity index (χ3v) is 4.35. The van der Waals surface area contributed by atoms with Gasteiger partial charge in [-0.1, -0.05) is 0 Å². The molecule has 2 aromatic rings. The van der Waals surface area contributed by atoms with Crippen molar-refractivity contribution in [1.29, 1.82) is 0 Å². The van der Waals surface area contributed by atoms with Gasteiger partial charge < -0.3 is 25.6 Å². The molecule has 0 radical (unpaired) electrons. The number of pyridine rings is 1. The maximum atomic E-state index is 10.0. The van der Waals surface area contributed by atoms with Crippen molar-refractivity contribution in [2.45, 2.75) is 30.8 Å². The molecule has 19 heavy (non-hydrogen) atoms. The Hall–Kier alpha value is -0.970. The van der Waals surface area contributed by atoms with Crippen LogP contribution in [0, 0.1) is 3.57 Å². The lowest BCUT2D eigenvalue weighted by atomic mass is 10.2. The molecule has 0 aromatic carbocycles. The lowest BCUT2D eigenvalue weighted by molar-refractivity contribution is -0.0244. The molecule has 7 nitrogen and oxygen atoms in total. The van der Waals surface area contributed by atoms with E-state index in [2.05, 4.69) is 32.6 Å². The number of aliphatic hydroxyl groups excluding tert-OH is 3. The number of imidazole rings is 1. The fourth-order valence-electron chi connectivity index (χ4n) is 2.54. The van der Waals surface area contributed by atoms with Gasteiger partial charge in [-0.3, -0.25) is 0 Å². The number of hydrogen-bond acceptors (Lipinski definition) is 6. The Bertz CT molecular complexity index is 632. The Kier molecular flexibility index (Phi) is 3.12. The molecule has 5 N–H and O–H groups in total. The quantitative estimate of drug-likeness (QED) is 0.506. The van der Waals surface area contributed by atoms with Crippen molar-refractivity contribution >= 4 is 39.4 Å². The van der Waals surface area contributed by atoms with Gasteiger partial charge in [-0.05, 0) is 29.0 Å². The minimum absolute atomic E-state index is 0.270. The van der Waals surface area contributed by atoms with Gasteiger partial charge >= 0.3 is 0 Å². The molecule has 8 heteroatoms. The number of nitrogen functional groups attached to an aromatic ring is 1. The Labute approximate surface area is 122 Å². The summed E-state index contributed by atoms with van der Waals surface area (Å²) in [5.41, 5.74) is 7.10. The van der Waals surface area contributed by atoms with Crippen molar-refractivity contribution in [2.75, 3.05) is 5.73 Å². The maximum Gasteiger partial charge on any atom is 0.151 e. The molecule has 2 aromatic heterocycles. The van der Waals surface area contributed by atoms with Crippen LogP contribution in [-0.2, 0) is 0 Å². The van der Waals surface area contributed by atoms with Gasteiger partial charge in [-0.25, -0.2) is 9.97 Å². The van der Waals surface area contributed by atoms with E-state index in [-0.39, 0.29) is 6.42 Å². The zero-order valence-corrected chi connectivity index (χ0v) is 12.0. The predicted octanol–water partition coefficient (Wildman–Crippen LogP) is -0.354. The second-order valence-electron chi connectivity index (χ2n) is 4.69. The van der Waals surface area contributed by atoms with Crippen molar-refractivity contribution in [3.05, 3.63) is 16.1 Å². The molecular weight excluding hydrogens is 363 g/mol. The number of rotatable bonds is 1. The summed E-state index contributed by atoms with van der Waals surface area (Å²) in [5.74, 6) is 0.322. The van der Waals surface area contributed by atoms with E-state index < -0.39 is 24.4 Å². The predicted molar refractivity (Wildman–Crippen MR) is 76.3 cm³/mol. The van der Waals surface area contributed by atoms with Crippen LogP contribution in [0.25, 0.3) is 11.0 Å². The molecule has 2 heterocycles. The summed E-state index contributed by atoms with van der Waals surface area (Å²) < 4.78 is 2.60. The van der Waals surface area contributed by atoms with Gasteiger partial charge in [-0.15, -0.1) is 0 Å². The molecule has 1 fully saturated rings. The van der Waals surface area contributed by atoms with E-state index in [4.69, 9.17) is 5.73 Å². The number of halogens is 1. The fraction of sp³-hybridized carbons (Fsp3) is 0.455. The summed E-state index contributed by atoms with van der Waals surface area (Å²) in [5, 5.41) is 29.3. The first-order valence-electron chi connectivity index (χ1n) is 5.81. The number of nitrogens with zero attached hydrogens (tertiary/aromatic N) is 3. The molecule has 1 aliphatic rings. The monoisotopic (exact) mass is 376 g/mol. The number of nitrogens with two attached hydrogens (primary N) is 1. The molecule has 0 aliphatic heterocycles. The van der Waals surface area contributed by atoms with Crippen LogP contribution < -0.4 is 5.73 Å². The highest BCUT2D eigenvalue weighted by atomic mass is 127. The summed E-state index contributed by atoms with van der Waals surface area (Å²) in [4.78, 5) is 8.23. The molecule has 4 atom stereocenters. The molecule has 102 valence electrons. The van der Waals surface area contributed by atoms with Crippen LogP contribution in [0.15, 0.2) is 12.5 Å². The zero-order valence-electron chi connectivity index (χ0n) is 9.81. The van der Waals surface area contributed by atoms with E-state index >= 15 is 0 Å². The molecule has 0 unspecified atom stereocenters. The van der Waals surface area contributed by atoms with E-state index in [1.165, 1.54) is 0 Å². The van der Waals surface area contributed by atoms with Crippen LogP contribution in [-0.4, -0.2) is 48.2 Å². The summed E-state index contributed by atoms with van der Waals surface area (Å²) in [6.07, 6.45) is 0.353. The van der Waals surface area contributed by atoms with Crippen LogP contribution in [0.4, 0.5) is 5.82 Å². The molecule has 0 spiro atoms. The standard InChI is InChI=1S/C11H13IN4O3/c12-4-2-14-11(13)7-8(4)16(3-15-7)5-1-6(17)10(19)9(5)18/h2-3,5-6,9-10,17-19H,1H2,(H2,13,14)/t5-,6+,9+,10-/m1/s1. The van der Waals surface area contributed by atoms with E-state index in [0.29, 0.717) is 11.3 Å². The van der Waals surface area contributed by atoms with Gasteiger partial charge in [0, 0.05) is 6.20 Å². The highest BCUT2D eigenvalue weighted by Crippen LogP contribution is 2.35. The van der Waals surface area contributed by atoms with E-state index in [1.807, 2.05) is 0 Å². The van der Waals surface area contributed by atoms with Gasteiger partial charge in [0.25, 0.3) is 0 Å². The number of hydrogen-bond donors (Lipinski definition) is 4. The Morgan fingerprint density at radius 1 is 1.26 bits per heavy atom. The number of fused-ring (bicyclic) bond motifs is 1. The fourth-order valence-corrected chi connectivity index (χ4v) is 3.22. The molecule has 1 aliphatic carbocycles. The smallest absolute Gasteiger partial charge is 0.151 e. The van der Waals surface area contributed by atoms with Crippen molar-refractivity contribution in [3.8, 4) is 0 Å². The lowest BCUT2D eigenvalue weighted by Crippen LogP contribution is -2.31. The second-order valence-corrected chi connectivity index (χ2v) is 5.85. The van der Waals surface area contributed by atoms with Crippen LogP contribution in [0.3, 0.4) is 0 Å². The minimum atomic E-state index is -1.14. The Morgan fingerprint density at radius 3 is 2.63 bits per heavy atom. The highest BCUT2D eigenvalue weighted by molar-refractivity contribution is 14.1. The average molecular weight is 376 g/mol. The third kappa shape index (κ3) is 1.90. The minimum Gasteiger partial charge on any atom is -0.390 e. The third-order valence-electron chi connectivity index (χ3n) is 3.56. The van der Waals surface area contributed by atoms with Crippen LogP contribution in [0.2, 0.25) is 0 Å². The average Bonchev–Trinajstić information content (AvgIpc) is 2.92. The number of aliphatic hydroxyl groups is 3. The van der Waals surface area contributed by atoms with Crippen LogP contribution >= 0.6 is 22.6 Å². The van der Waals surface area contributed by atoms with E-state index in [9.17, 15) is 15.3 Å². The lowest BCUT2D eigenvalue weighted by Gasteiger charge is -2.18. The Balaban J connectivity index is 2.14. The first-order chi connectivity index (χ1) is 9.00. The van der Waals surface area contributed by atoms with Crippen LogP contribution in [0.5, 0.6) is 0 Å². The molecular formula is C11H13IN4O3. The van der Waals surface area contributed by atoms with Gasteiger partial charge in [0.2, 0.25) is 0 Å².